The third kappa shape index (κ3) is 4.16. The Labute approximate surface area is 146 Å². The highest BCUT2D eigenvalue weighted by atomic mass is 32.2. The highest BCUT2D eigenvalue weighted by molar-refractivity contribution is 7.88. The van der Waals surface area contributed by atoms with Crippen LogP contribution in [0.15, 0.2) is 18.5 Å². The second kappa shape index (κ2) is 7.09. The van der Waals surface area contributed by atoms with Crippen molar-refractivity contribution in [2.75, 3.05) is 25.2 Å². The van der Waals surface area contributed by atoms with Crippen LogP contribution in [0, 0.1) is 11.7 Å². The fourth-order valence-corrected chi connectivity index (χ4v) is 4.15. The maximum absolute atomic E-state index is 13.8. The normalized spacial score (nSPS) is 20.8. The maximum atomic E-state index is 13.8. The van der Waals surface area contributed by atoms with Gasteiger partial charge in [-0.15, -0.1) is 0 Å². The van der Waals surface area contributed by atoms with Crippen LogP contribution in [0.1, 0.15) is 19.3 Å². The molecule has 0 aliphatic heterocycles. The molecule has 0 bridgehead atoms. The first kappa shape index (κ1) is 17.8. The van der Waals surface area contributed by atoms with Gasteiger partial charge < -0.3 is 10.1 Å². The minimum Gasteiger partial charge on any atom is -0.494 e. The number of fused-ring (bicyclic) bond motifs is 1. The van der Waals surface area contributed by atoms with E-state index in [-0.39, 0.29) is 17.7 Å². The van der Waals surface area contributed by atoms with Gasteiger partial charge in [0, 0.05) is 24.0 Å². The summed E-state index contributed by atoms with van der Waals surface area (Å²) >= 11 is 0. The number of nitrogens with one attached hydrogen (secondary N) is 2. The van der Waals surface area contributed by atoms with Gasteiger partial charge in [-0.1, -0.05) is 6.42 Å². The topological polar surface area (TPSA) is 93.2 Å². The lowest BCUT2D eigenvalue weighted by atomic mass is 10.0. The van der Waals surface area contributed by atoms with Gasteiger partial charge in [0.05, 0.1) is 18.9 Å². The Morgan fingerprint density at radius 1 is 1.32 bits per heavy atom. The Morgan fingerprint density at radius 2 is 2.12 bits per heavy atom. The third-order valence-electron chi connectivity index (χ3n) is 4.47. The number of ether oxygens (including phenoxy) is 1. The van der Waals surface area contributed by atoms with Crippen molar-refractivity contribution in [2.45, 2.75) is 25.3 Å². The molecule has 1 fully saturated rings. The van der Waals surface area contributed by atoms with Gasteiger partial charge in [0.2, 0.25) is 10.0 Å². The molecular weight excluding hydrogens is 347 g/mol. The molecule has 2 aromatic rings. The minimum atomic E-state index is -3.23. The summed E-state index contributed by atoms with van der Waals surface area (Å²) in [5.41, 5.74) is 0.480. The average Bonchev–Trinajstić information content (AvgIpc) is 2.97. The van der Waals surface area contributed by atoms with Crippen LogP contribution in [-0.2, 0) is 10.0 Å². The molecule has 0 radical (unpaired) electrons. The van der Waals surface area contributed by atoms with Crippen molar-refractivity contribution in [3.63, 3.8) is 0 Å². The third-order valence-corrected chi connectivity index (χ3v) is 5.20. The monoisotopic (exact) mass is 368 g/mol. The number of nitrogens with zero attached hydrogens (tertiary/aromatic N) is 2. The van der Waals surface area contributed by atoms with Crippen molar-refractivity contribution in [3.8, 4) is 5.75 Å². The molecule has 2 unspecified atom stereocenters. The van der Waals surface area contributed by atoms with Crippen LogP contribution in [0.5, 0.6) is 5.75 Å². The lowest BCUT2D eigenvalue weighted by Gasteiger charge is -2.21. The number of anilines is 1. The lowest BCUT2D eigenvalue weighted by molar-refractivity contribution is 0.387. The molecule has 2 N–H and O–H groups in total. The quantitative estimate of drug-likeness (QED) is 0.809. The number of halogens is 1. The fourth-order valence-electron chi connectivity index (χ4n) is 3.29. The van der Waals surface area contributed by atoms with Crippen molar-refractivity contribution in [1.29, 1.82) is 0 Å². The van der Waals surface area contributed by atoms with E-state index in [1.54, 1.807) is 6.07 Å². The molecule has 1 aromatic carbocycles. The molecule has 25 heavy (non-hydrogen) atoms. The summed E-state index contributed by atoms with van der Waals surface area (Å²) in [6.45, 7) is 0.568. The van der Waals surface area contributed by atoms with Crippen molar-refractivity contribution in [1.82, 2.24) is 14.7 Å². The van der Waals surface area contributed by atoms with Crippen molar-refractivity contribution < 1.29 is 17.5 Å². The zero-order chi connectivity index (χ0) is 18.0. The lowest BCUT2D eigenvalue weighted by Crippen LogP contribution is -2.39. The molecule has 9 heteroatoms. The summed E-state index contributed by atoms with van der Waals surface area (Å²) in [7, 11) is -1.83. The highest BCUT2D eigenvalue weighted by Crippen LogP contribution is 2.29. The van der Waals surface area contributed by atoms with E-state index in [1.165, 1.54) is 25.8 Å². The minimum absolute atomic E-state index is 0.0809. The first-order valence-corrected chi connectivity index (χ1v) is 9.96. The van der Waals surface area contributed by atoms with E-state index in [0.29, 0.717) is 23.3 Å². The molecule has 1 saturated carbocycles. The number of benzene rings is 1. The van der Waals surface area contributed by atoms with Gasteiger partial charge in [0.25, 0.3) is 0 Å². The highest BCUT2D eigenvalue weighted by Gasteiger charge is 2.29. The number of hydrogen-bond acceptors (Lipinski definition) is 6. The van der Waals surface area contributed by atoms with E-state index in [9.17, 15) is 12.8 Å². The molecule has 0 amide bonds. The largest absolute Gasteiger partial charge is 0.494 e. The summed E-state index contributed by atoms with van der Waals surface area (Å²) in [4.78, 5) is 8.32. The first-order chi connectivity index (χ1) is 11.9. The Bertz CT molecular complexity index is 875. The van der Waals surface area contributed by atoms with Crippen molar-refractivity contribution in [2.24, 2.45) is 5.92 Å². The summed E-state index contributed by atoms with van der Waals surface area (Å²) in [5, 5.41) is 3.91. The van der Waals surface area contributed by atoms with Crippen LogP contribution in [0.4, 0.5) is 10.2 Å². The zero-order valence-electron chi connectivity index (χ0n) is 14.1. The predicted molar refractivity (Wildman–Crippen MR) is 93.6 cm³/mol. The Kier molecular flexibility index (Phi) is 5.05. The number of aromatic nitrogens is 2. The molecule has 1 aromatic heterocycles. The molecule has 136 valence electrons. The van der Waals surface area contributed by atoms with Crippen LogP contribution in [0.2, 0.25) is 0 Å². The van der Waals surface area contributed by atoms with Crippen LogP contribution < -0.4 is 14.8 Å². The van der Waals surface area contributed by atoms with Crippen LogP contribution in [-0.4, -0.2) is 44.3 Å². The van der Waals surface area contributed by atoms with Gasteiger partial charge in [-0.05, 0) is 24.8 Å². The SMILES string of the molecule is COc1cc2c(NCC3CCCC3NS(C)(=O)=O)ncnc2cc1F. The molecule has 1 aliphatic carbocycles. The molecule has 3 rings (SSSR count). The van der Waals surface area contributed by atoms with E-state index >= 15 is 0 Å². The van der Waals surface area contributed by atoms with Gasteiger partial charge in [-0.2, -0.15) is 0 Å². The van der Waals surface area contributed by atoms with Crippen molar-refractivity contribution in [3.05, 3.63) is 24.3 Å². The summed E-state index contributed by atoms with van der Waals surface area (Å²) in [6.07, 6.45) is 5.28. The molecule has 2 atom stereocenters. The fraction of sp³-hybridized carbons (Fsp3) is 0.500. The second-order valence-corrected chi connectivity index (χ2v) is 8.07. The number of hydrogen-bond donors (Lipinski definition) is 2. The molecule has 7 nitrogen and oxygen atoms in total. The number of methoxy groups -OCH3 is 1. The first-order valence-electron chi connectivity index (χ1n) is 8.07. The summed E-state index contributed by atoms with van der Waals surface area (Å²) < 4.78 is 44.5. The average molecular weight is 368 g/mol. The molecular formula is C16H21FN4O3S. The molecule has 1 heterocycles. The van der Waals surface area contributed by atoms with E-state index in [0.717, 1.165) is 19.3 Å². The Hall–Kier alpha value is -2.00. The van der Waals surface area contributed by atoms with Gasteiger partial charge in [-0.25, -0.2) is 27.5 Å². The number of rotatable bonds is 6. The Morgan fingerprint density at radius 3 is 2.84 bits per heavy atom. The molecule has 0 spiro atoms. The summed E-state index contributed by atoms with van der Waals surface area (Å²) in [5.74, 6) is 0.395. The smallest absolute Gasteiger partial charge is 0.208 e. The van der Waals surface area contributed by atoms with Gasteiger partial charge in [0.15, 0.2) is 11.6 Å². The Balaban J connectivity index is 1.79. The van der Waals surface area contributed by atoms with Crippen LogP contribution in [0.3, 0.4) is 0 Å². The van der Waals surface area contributed by atoms with Crippen LogP contribution >= 0.6 is 0 Å². The van der Waals surface area contributed by atoms with Crippen LogP contribution in [0.25, 0.3) is 10.9 Å². The van der Waals surface area contributed by atoms with Gasteiger partial charge >= 0.3 is 0 Å². The van der Waals surface area contributed by atoms with Gasteiger partial charge in [0.1, 0.15) is 12.1 Å². The van der Waals surface area contributed by atoms with E-state index in [1.807, 2.05) is 0 Å². The number of sulfonamides is 1. The van der Waals surface area contributed by atoms with Crippen molar-refractivity contribution >= 4 is 26.7 Å². The predicted octanol–water partition coefficient (Wildman–Crippen LogP) is 1.91. The van der Waals surface area contributed by atoms with E-state index in [4.69, 9.17) is 4.74 Å². The van der Waals surface area contributed by atoms with Gasteiger partial charge in [-0.3, -0.25) is 0 Å². The zero-order valence-corrected chi connectivity index (χ0v) is 14.9. The standard InChI is InChI=1S/C16H21FN4O3S/c1-24-15-6-11-14(7-12(15)17)19-9-20-16(11)18-8-10-4-3-5-13(10)21-25(2,22)23/h6-7,9-10,13,21H,3-5,8H2,1-2H3,(H,18,19,20). The van der Waals surface area contributed by atoms with E-state index < -0.39 is 15.8 Å². The van der Waals surface area contributed by atoms with E-state index in [2.05, 4.69) is 20.0 Å². The maximum Gasteiger partial charge on any atom is 0.208 e. The molecule has 0 saturated heterocycles. The molecule has 1 aliphatic rings. The second-order valence-electron chi connectivity index (χ2n) is 6.29. The summed E-state index contributed by atoms with van der Waals surface area (Å²) in [6, 6.07) is 2.79.